The Bertz CT molecular complexity index is 665. The van der Waals surface area contributed by atoms with Gasteiger partial charge in [-0.15, -0.1) is 0 Å². The zero-order chi connectivity index (χ0) is 14.1. The van der Waals surface area contributed by atoms with E-state index in [1.165, 1.54) is 0 Å². The van der Waals surface area contributed by atoms with E-state index in [1.54, 1.807) is 0 Å². The van der Waals surface area contributed by atoms with E-state index >= 15 is 0 Å². The molecule has 1 aromatic heterocycles. The molecule has 0 radical (unpaired) electrons. The first-order valence-corrected chi connectivity index (χ1v) is 7.29. The van der Waals surface area contributed by atoms with Gasteiger partial charge in [0.25, 0.3) is 5.91 Å². The topological polar surface area (TPSA) is 69.8 Å². The van der Waals surface area contributed by atoms with Crippen LogP contribution in [0.25, 0.3) is 0 Å². The lowest BCUT2D eigenvalue weighted by Crippen LogP contribution is -2.25. The minimum Gasteiger partial charge on any atom is -0.320 e. The number of aromatic amines is 1. The number of aromatic nitrogens is 2. The normalized spacial score (nSPS) is 13.9. The van der Waals surface area contributed by atoms with Crippen LogP contribution in [0.15, 0.2) is 22.7 Å². The number of benzene rings is 1. The summed E-state index contributed by atoms with van der Waals surface area (Å²) < 4.78 is 0.995. The van der Waals surface area contributed by atoms with Crippen molar-refractivity contribution in [2.75, 3.05) is 11.9 Å². The molecular formula is C14H15BrN4O. The third-order valence-corrected chi connectivity index (χ3v) is 3.95. The number of carbonyl (C=O) groups excluding carboxylic acids is 1. The summed E-state index contributed by atoms with van der Waals surface area (Å²) in [4.78, 5) is 12.4. The number of hydrogen-bond acceptors (Lipinski definition) is 3. The van der Waals surface area contributed by atoms with Gasteiger partial charge in [0.15, 0.2) is 5.69 Å². The summed E-state index contributed by atoms with van der Waals surface area (Å²) in [6.07, 6.45) is 0.882. The Morgan fingerprint density at radius 1 is 1.45 bits per heavy atom. The van der Waals surface area contributed by atoms with E-state index in [1.807, 2.05) is 25.1 Å². The molecule has 0 saturated heterocycles. The van der Waals surface area contributed by atoms with Crippen LogP contribution in [-0.4, -0.2) is 22.6 Å². The Labute approximate surface area is 125 Å². The number of rotatable bonds is 2. The third kappa shape index (κ3) is 2.48. The average molecular weight is 335 g/mol. The number of fused-ring (bicyclic) bond motifs is 1. The first-order valence-electron chi connectivity index (χ1n) is 6.49. The van der Waals surface area contributed by atoms with Gasteiger partial charge in [-0.3, -0.25) is 9.89 Å². The number of nitrogens with one attached hydrogen (secondary N) is 3. The molecule has 0 saturated carbocycles. The summed E-state index contributed by atoms with van der Waals surface area (Å²) in [5, 5.41) is 13.3. The van der Waals surface area contributed by atoms with Crippen molar-refractivity contribution in [1.82, 2.24) is 15.5 Å². The molecular weight excluding hydrogens is 320 g/mol. The molecule has 2 aromatic rings. The zero-order valence-corrected chi connectivity index (χ0v) is 12.7. The van der Waals surface area contributed by atoms with Crippen molar-refractivity contribution in [3.05, 3.63) is 45.2 Å². The van der Waals surface area contributed by atoms with Crippen LogP contribution in [0.2, 0.25) is 0 Å². The van der Waals surface area contributed by atoms with Crippen LogP contribution in [0, 0.1) is 6.92 Å². The van der Waals surface area contributed by atoms with Crippen LogP contribution in [-0.2, 0) is 13.0 Å². The quantitative estimate of drug-likeness (QED) is 0.789. The molecule has 0 fully saturated rings. The summed E-state index contributed by atoms with van der Waals surface area (Å²) >= 11 is 3.41. The molecule has 0 bridgehead atoms. The van der Waals surface area contributed by atoms with Gasteiger partial charge in [0.2, 0.25) is 0 Å². The molecule has 0 spiro atoms. The van der Waals surface area contributed by atoms with Gasteiger partial charge in [-0.05, 0) is 30.7 Å². The molecule has 104 valence electrons. The average Bonchev–Trinajstić information content (AvgIpc) is 2.86. The largest absolute Gasteiger partial charge is 0.320 e. The second kappa shape index (κ2) is 5.38. The molecule has 1 aromatic carbocycles. The van der Waals surface area contributed by atoms with E-state index in [9.17, 15) is 4.79 Å². The van der Waals surface area contributed by atoms with Crippen molar-refractivity contribution < 1.29 is 4.79 Å². The summed E-state index contributed by atoms with van der Waals surface area (Å²) in [6, 6.07) is 5.76. The molecule has 1 amide bonds. The van der Waals surface area contributed by atoms with E-state index in [4.69, 9.17) is 0 Å². The van der Waals surface area contributed by atoms with Crippen LogP contribution >= 0.6 is 15.9 Å². The van der Waals surface area contributed by atoms with Crippen molar-refractivity contribution in [1.29, 1.82) is 0 Å². The molecule has 1 aliphatic heterocycles. The number of amides is 1. The molecule has 0 unspecified atom stereocenters. The van der Waals surface area contributed by atoms with Crippen molar-refractivity contribution in [2.24, 2.45) is 0 Å². The zero-order valence-electron chi connectivity index (χ0n) is 11.1. The molecule has 1 aliphatic rings. The summed E-state index contributed by atoms with van der Waals surface area (Å²) in [7, 11) is 0. The monoisotopic (exact) mass is 334 g/mol. The first kappa shape index (κ1) is 13.3. The number of H-pyrrole nitrogens is 1. The molecule has 6 heteroatoms. The predicted octanol–water partition coefficient (Wildman–Crippen LogP) is 2.38. The van der Waals surface area contributed by atoms with Gasteiger partial charge in [-0.1, -0.05) is 15.9 Å². The second-order valence-electron chi connectivity index (χ2n) is 4.87. The predicted molar refractivity (Wildman–Crippen MR) is 80.8 cm³/mol. The maximum Gasteiger partial charge on any atom is 0.276 e. The van der Waals surface area contributed by atoms with Crippen LogP contribution < -0.4 is 10.6 Å². The number of nitrogens with zero attached hydrogens (tertiary/aromatic N) is 1. The molecule has 3 N–H and O–H groups in total. The van der Waals surface area contributed by atoms with E-state index in [0.29, 0.717) is 12.2 Å². The van der Waals surface area contributed by atoms with E-state index in [0.717, 1.165) is 39.9 Å². The smallest absolute Gasteiger partial charge is 0.276 e. The summed E-state index contributed by atoms with van der Waals surface area (Å²) in [6.45, 7) is 3.57. The minimum absolute atomic E-state index is 0.170. The lowest BCUT2D eigenvalue weighted by Gasteiger charge is -2.13. The van der Waals surface area contributed by atoms with Gasteiger partial charge in [-0.2, -0.15) is 5.10 Å². The van der Waals surface area contributed by atoms with Crippen LogP contribution in [0.5, 0.6) is 0 Å². The van der Waals surface area contributed by atoms with Gasteiger partial charge in [0.1, 0.15) is 0 Å². The Morgan fingerprint density at radius 3 is 3.10 bits per heavy atom. The number of hydrogen-bond donors (Lipinski definition) is 3. The van der Waals surface area contributed by atoms with Crippen LogP contribution in [0.4, 0.5) is 5.69 Å². The van der Waals surface area contributed by atoms with E-state index in [2.05, 4.69) is 36.8 Å². The maximum atomic E-state index is 12.4. The van der Waals surface area contributed by atoms with E-state index < -0.39 is 0 Å². The first-order chi connectivity index (χ1) is 9.65. The summed E-state index contributed by atoms with van der Waals surface area (Å²) in [5.41, 5.74) is 4.33. The van der Waals surface area contributed by atoms with Crippen LogP contribution in [0.1, 0.15) is 27.3 Å². The van der Waals surface area contributed by atoms with Crippen molar-refractivity contribution in [2.45, 2.75) is 19.9 Å². The third-order valence-electron chi connectivity index (χ3n) is 3.46. The van der Waals surface area contributed by atoms with Gasteiger partial charge < -0.3 is 10.6 Å². The Kier molecular flexibility index (Phi) is 3.58. The van der Waals surface area contributed by atoms with Crippen molar-refractivity contribution in [3.8, 4) is 0 Å². The van der Waals surface area contributed by atoms with Crippen molar-refractivity contribution >= 4 is 27.5 Å². The fraction of sp³-hybridized carbons (Fsp3) is 0.286. The highest BCUT2D eigenvalue weighted by Crippen LogP contribution is 2.22. The van der Waals surface area contributed by atoms with Gasteiger partial charge in [-0.25, -0.2) is 0 Å². The number of aryl methyl sites for hydroxylation is 1. The van der Waals surface area contributed by atoms with Gasteiger partial charge >= 0.3 is 0 Å². The molecule has 0 aliphatic carbocycles. The molecule has 2 heterocycles. The van der Waals surface area contributed by atoms with Gasteiger partial charge in [0, 0.05) is 40.9 Å². The standard InChI is InChI=1S/C14H15BrN4O/c1-8-6-9(15)2-3-11(8)17-14(20)13-10-7-16-5-4-12(10)18-19-13/h2-3,6,16H,4-5,7H2,1H3,(H,17,20)(H,18,19). The van der Waals surface area contributed by atoms with Gasteiger partial charge in [0.05, 0.1) is 0 Å². The second-order valence-corrected chi connectivity index (χ2v) is 5.79. The SMILES string of the molecule is Cc1cc(Br)ccc1NC(=O)c1n[nH]c2c1CNCC2. The number of carbonyl (C=O) groups is 1. The highest BCUT2D eigenvalue weighted by atomic mass is 79.9. The fourth-order valence-corrected chi connectivity index (χ4v) is 2.84. The Morgan fingerprint density at radius 2 is 2.30 bits per heavy atom. The highest BCUT2D eigenvalue weighted by molar-refractivity contribution is 9.10. The summed E-state index contributed by atoms with van der Waals surface area (Å²) in [5.74, 6) is -0.170. The molecule has 20 heavy (non-hydrogen) atoms. The molecule has 3 rings (SSSR count). The van der Waals surface area contributed by atoms with Crippen LogP contribution in [0.3, 0.4) is 0 Å². The lowest BCUT2D eigenvalue weighted by atomic mass is 10.1. The van der Waals surface area contributed by atoms with E-state index in [-0.39, 0.29) is 5.91 Å². The minimum atomic E-state index is -0.170. The highest BCUT2D eigenvalue weighted by Gasteiger charge is 2.21. The maximum absolute atomic E-state index is 12.4. The fourth-order valence-electron chi connectivity index (χ4n) is 2.36. The lowest BCUT2D eigenvalue weighted by molar-refractivity contribution is 0.102. The Balaban J connectivity index is 1.84. The number of anilines is 1. The molecule has 0 atom stereocenters. The number of halogens is 1. The van der Waals surface area contributed by atoms with Crippen molar-refractivity contribution in [3.63, 3.8) is 0 Å². The molecule has 5 nitrogen and oxygen atoms in total. The Hall–Kier alpha value is -1.66.